The third kappa shape index (κ3) is 3.99. The number of aryl methyl sites for hydroxylation is 2. The van der Waals surface area contributed by atoms with Gasteiger partial charge < -0.3 is 0 Å². The standard InChI is InChI=1S/C21H24N4O2S/c1-15-7-11-25(18(13-15)23-16-5-3-2-4-6-16)19(26)8-10-24-14-22-20-17(21(24)27)9-12-28-20/h7,9,11-14,16H,2-6,8,10H2,1H3. The quantitative estimate of drug-likeness (QED) is 0.677. The fourth-order valence-corrected chi connectivity index (χ4v) is 4.41. The van der Waals surface area contributed by atoms with Crippen LogP contribution in [-0.2, 0) is 6.54 Å². The predicted octanol–water partition coefficient (Wildman–Crippen LogP) is 3.53. The number of thiophene rings is 1. The summed E-state index contributed by atoms with van der Waals surface area (Å²) in [6.07, 6.45) is 9.40. The van der Waals surface area contributed by atoms with Gasteiger partial charge in [0.1, 0.15) is 10.3 Å². The molecule has 7 heteroatoms. The van der Waals surface area contributed by atoms with Crippen LogP contribution in [0.3, 0.4) is 0 Å². The summed E-state index contributed by atoms with van der Waals surface area (Å²) in [5, 5.41) is 2.46. The Morgan fingerprint density at radius 3 is 2.93 bits per heavy atom. The van der Waals surface area contributed by atoms with Crippen molar-refractivity contribution in [3.63, 3.8) is 0 Å². The average molecular weight is 397 g/mol. The minimum Gasteiger partial charge on any atom is -0.298 e. The maximum Gasteiger partial charge on any atom is 0.262 e. The number of pyridine rings is 1. The first-order chi connectivity index (χ1) is 13.6. The molecule has 0 aromatic carbocycles. The molecule has 146 valence electrons. The number of hydrogen-bond donors (Lipinski definition) is 0. The number of carbonyl (C=O) groups is 1. The summed E-state index contributed by atoms with van der Waals surface area (Å²) in [5.74, 6) is -0.0631. The smallest absolute Gasteiger partial charge is 0.262 e. The lowest BCUT2D eigenvalue weighted by Gasteiger charge is -2.18. The Labute approximate surface area is 167 Å². The molecule has 3 heterocycles. The van der Waals surface area contributed by atoms with Gasteiger partial charge in [0.25, 0.3) is 5.56 Å². The van der Waals surface area contributed by atoms with E-state index < -0.39 is 0 Å². The molecule has 3 aromatic rings. The maximum atomic E-state index is 12.9. The van der Waals surface area contributed by atoms with Crippen molar-refractivity contribution in [1.29, 1.82) is 0 Å². The second-order valence-corrected chi connectivity index (χ2v) is 8.27. The van der Waals surface area contributed by atoms with Crippen LogP contribution >= 0.6 is 11.3 Å². The highest BCUT2D eigenvalue weighted by atomic mass is 32.1. The van der Waals surface area contributed by atoms with Crippen molar-refractivity contribution in [2.75, 3.05) is 0 Å². The summed E-state index contributed by atoms with van der Waals surface area (Å²) in [6.45, 7) is 2.32. The molecular formula is C21H24N4O2S. The normalized spacial score (nSPS) is 16.0. The molecule has 1 aliphatic carbocycles. The van der Waals surface area contributed by atoms with Gasteiger partial charge in [0.2, 0.25) is 5.91 Å². The molecule has 0 N–H and O–H groups in total. The van der Waals surface area contributed by atoms with Gasteiger partial charge in [-0.05, 0) is 48.9 Å². The molecule has 4 rings (SSSR count). The minimum atomic E-state index is -0.0972. The van der Waals surface area contributed by atoms with Gasteiger partial charge in [-0.3, -0.25) is 23.7 Å². The summed E-state index contributed by atoms with van der Waals surface area (Å²) in [7, 11) is 0. The number of hydrogen-bond acceptors (Lipinski definition) is 5. The topological polar surface area (TPSA) is 69.2 Å². The van der Waals surface area contributed by atoms with E-state index in [1.165, 1.54) is 41.5 Å². The van der Waals surface area contributed by atoms with E-state index in [1.807, 2.05) is 24.4 Å². The van der Waals surface area contributed by atoms with Crippen molar-refractivity contribution in [1.82, 2.24) is 14.1 Å². The molecule has 28 heavy (non-hydrogen) atoms. The molecule has 1 saturated carbocycles. The highest BCUT2D eigenvalue weighted by molar-refractivity contribution is 7.16. The largest absolute Gasteiger partial charge is 0.298 e. The Morgan fingerprint density at radius 1 is 1.29 bits per heavy atom. The van der Waals surface area contributed by atoms with Crippen LogP contribution in [0.1, 0.15) is 48.9 Å². The molecule has 0 atom stereocenters. The fraction of sp³-hybridized carbons (Fsp3) is 0.429. The van der Waals surface area contributed by atoms with Crippen LogP contribution in [0, 0.1) is 6.92 Å². The van der Waals surface area contributed by atoms with Gasteiger partial charge in [-0.15, -0.1) is 11.3 Å². The van der Waals surface area contributed by atoms with Gasteiger partial charge in [-0.25, -0.2) is 4.98 Å². The van der Waals surface area contributed by atoms with E-state index in [0.29, 0.717) is 18.0 Å². The zero-order valence-corrected chi connectivity index (χ0v) is 16.8. The Balaban J connectivity index is 1.56. The predicted molar refractivity (Wildman–Crippen MR) is 111 cm³/mol. The van der Waals surface area contributed by atoms with Crippen molar-refractivity contribution in [2.45, 2.75) is 58.0 Å². The summed E-state index contributed by atoms with van der Waals surface area (Å²) < 4.78 is 3.14. The van der Waals surface area contributed by atoms with Crippen molar-refractivity contribution in [2.24, 2.45) is 4.99 Å². The van der Waals surface area contributed by atoms with E-state index in [9.17, 15) is 9.59 Å². The monoisotopic (exact) mass is 396 g/mol. The van der Waals surface area contributed by atoms with Gasteiger partial charge in [0.15, 0.2) is 0 Å². The Bertz CT molecular complexity index is 1120. The van der Waals surface area contributed by atoms with Gasteiger partial charge in [0.05, 0.1) is 17.8 Å². The SMILES string of the molecule is Cc1ccn(C(=O)CCn2cnc3sccc3c2=O)c(=NC2CCCCC2)c1. The number of fused-ring (bicyclic) bond motifs is 1. The lowest BCUT2D eigenvalue weighted by Crippen LogP contribution is -2.31. The average Bonchev–Trinajstić information content (AvgIpc) is 3.18. The van der Waals surface area contributed by atoms with Gasteiger partial charge >= 0.3 is 0 Å². The summed E-state index contributed by atoms with van der Waals surface area (Å²) in [5.41, 5.74) is 1.71. The van der Waals surface area contributed by atoms with Gasteiger partial charge in [0, 0.05) is 19.2 Å². The molecule has 6 nitrogen and oxygen atoms in total. The highest BCUT2D eigenvalue weighted by Gasteiger charge is 2.14. The van der Waals surface area contributed by atoms with E-state index in [2.05, 4.69) is 4.98 Å². The van der Waals surface area contributed by atoms with Crippen molar-refractivity contribution >= 4 is 27.5 Å². The van der Waals surface area contributed by atoms with Crippen molar-refractivity contribution in [3.05, 3.63) is 57.5 Å². The Hall–Kier alpha value is -2.54. The lowest BCUT2D eigenvalue weighted by molar-refractivity contribution is 0.0890. The number of carbonyl (C=O) groups excluding carboxylic acids is 1. The molecule has 0 radical (unpaired) electrons. The van der Waals surface area contributed by atoms with Crippen LogP contribution in [0.2, 0.25) is 0 Å². The first-order valence-electron chi connectivity index (χ1n) is 9.81. The molecule has 0 unspecified atom stereocenters. The molecule has 0 spiro atoms. The summed E-state index contributed by atoms with van der Waals surface area (Å²) in [6, 6.07) is 5.96. The van der Waals surface area contributed by atoms with E-state index in [4.69, 9.17) is 4.99 Å². The van der Waals surface area contributed by atoms with E-state index in [0.717, 1.165) is 28.7 Å². The van der Waals surface area contributed by atoms with Crippen LogP contribution in [0.15, 0.2) is 45.9 Å². The third-order valence-corrected chi connectivity index (χ3v) is 6.09. The zero-order chi connectivity index (χ0) is 19.5. The summed E-state index contributed by atoms with van der Waals surface area (Å²) in [4.78, 5) is 35.3. The molecule has 1 aliphatic rings. The third-order valence-electron chi connectivity index (χ3n) is 5.27. The van der Waals surface area contributed by atoms with Crippen molar-refractivity contribution in [3.8, 4) is 0 Å². The van der Waals surface area contributed by atoms with Crippen LogP contribution in [0.4, 0.5) is 0 Å². The minimum absolute atomic E-state index is 0.0631. The van der Waals surface area contributed by atoms with Gasteiger partial charge in [-0.2, -0.15) is 0 Å². The second kappa shape index (κ2) is 8.22. The van der Waals surface area contributed by atoms with E-state index >= 15 is 0 Å². The van der Waals surface area contributed by atoms with Crippen LogP contribution in [0.5, 0.6) is 0 Å². The van der Waals surface area contributed by atoms with Crippen LogP contribution in [-0.4, -0.2) is 26.1 Å². The molecule has 0 aliphatic heterocycles. The van der Waals surface area contributed by atoms with E-state index in [-0.39, 0.29) is 17.9 Å². The fourth-order valence-electron chi connectivity index (χ4n) is 3.69. The first kappa shape index (κ1) is 18.8. The van der Waals surface area contributed by atoms with E-state index in [1.54, 1.807) is 16.8 Å². The zero-order valence-electron chi connectivity index (χ0n) is 16.0. The van der Waals surface area contributed by atoms with Crippen LogP contribution < -0.4 is 11.0 Å². The molecule has 1 fully saturated rings. The molecule has 0 bridgehead atoms. The summed E-state index contributed by atoms with van der Waals surface area (Å²) >= 11 is 1.44. The number of nitrogens with zero attached hydrogens (tertiary/aromatic N) is 4. The maximum absolute atomic E-state index is 12.9. The molecule has 3 aromatic heterocycles. The van der Waals surface area contributed by atoms with Crippen molar-refractivity contribution < 1.29 is 4.79 Å². The molecular weight excluding hydrogens is 372 g/mol. The van der Waals surface area contributed by atoms with Crippen LogP contribution in [0.25, 0.3) is 10.2 Å². The second-order valence-electron chi connectivity index (χ2n) is 7.38. The first-order valence-corrected chi connectivity index (χ1v) is 10.7. The highest BCUT2D eigenvalue weighted by Crippen LogP contribution is 2.19. The lowest BCUT2D eigenvalue weighted by atomic mass is 9.96. The number of rotatable bonds is 4. The Morgan fingerprint density at radius 2 is 2.11 bits per heavy atom. The molecule has 0 saturated heterocycles. The molecule has 0 amide bonds. The number of aromatic nitrogens is 3. The Kier molecular flexibility index (Phi) is 5.52. The van der Waals surface area contributed by atoms with Gasteiger partial charge in [-0.1, -0.05) is 19.3 Å².